The van der Waals surface area contributed by atoms with Gasteiger partial charge in [-0.25, -0.2) is 0 Å². The average molecular weight is 179 g/mol. The Morgan fingerprint density at radius 1 is 1.43 bits per heavy atom. The first-order valence-electron chi connectivity index (χ1n) is 1.69. The Morgan fingerprint density at radius 3 is 1.57 bits per heavy atom. The van der Waals surface area contributed by atoms with Crippen LogP contribution in [0.5, 0.6) is 0 Å². The molecule has 0 aliphatic heterocycles. The Morgan fingerprint density at radius 2 is 1.57 bits per heavy atom. The third-order valence-corrected chi connectivity index (χ3v) is 2.30. The summed E-state index contributed by atoms with van der Waals surface area (Å²) in [6.07, 6.45) is 0. The molecule has 0 N–H and O–H groups in total. The van der Waals surface area contributed by atoms with E-state index in [-0.39, 0.29) is 5.25 Å². The van der Waals surface area contributed by atoms with Crippen LogP contribution in [-0.2, 0) is 0 Å². The van der Waals surface area contributed by atoms with Crippen molar-refractivity contribution >= 4 is 47.4 Å². The van der Waals surface area contributed by atoms with Crippen LogP contribution >= 0.6 is 47.4 Å². The molecule has 4 heteroatoms. The van der Waals surface area contributed by atoms with E-state index in [0.29, 0.717) is 0 Å². The fraction of sp³-hybridized carbons (Fsp3) is 1.00. The molecule has 0 bridgehead atoms. The summed E-state index contributed by atoms with van der Waals surface area (Å²) in [4.78, 5) is 0. The van der Waals surface area contributed by atoms with Crippen LogP contribution in [0.3, 0.4) is 0 Å². The summed E-state index contributed by atoms with van der Waals surface area (Å²) in [6.45, 7) is 1.72. The Bertz CT molecular complexity index is 55.7. The van der Waals surface area contributed by atoms with E-state index in [1.165, 1.54) is 0 Å². The maximum atomic E-state index is 5.32. The average Bonchev–Trinajstić information content (AvgIpc) is 1.31. The maximum absolute atomic E-state index is 5.32. The summed E-state index contributed by atoms with van der Waals surface area (Å²) in [5.41, 5.74) is 0. The van der Waals surface area contributed by atoms with Gasteiger partial charge in [-0.2, -0.15) is 12.6 Å². The van der Waals surface area contributed by atoms with Crippen molar-refractivity contribution in [3.05, 3.63) is 0 Å². The van der Waals surface area contributed by atoms with E-state index < -0.39 is 3.79 Å². The number of alkyl halides is 3. The summed E-state index contributed by atoms with van der Waals surface area (Å²) in [7, 11) is 0. The molecule has 0 radical (unpaired) electrons. The van der Waals surface area contributed by atoms with E-state index in [4.69, 9.17) is 34.8 Å². The van der Waals surface area contributed by atoms with Crippen molar-refractivity contribution in [3.63, 3.8) is 0 Å². The molecule has 0 saturated carbocycles. The lowest BCUT2D eigenvalue weighted by Crippen LogP contribution is -2.14. The number of halogens is 3. The normalized spacial score (nSPS) is 16.7. The highest BCUT2D eigenvalue weighted by Crippen LogP contribution is 2.32. The highest BCUT2D eigenvalue weighted by molar-refractivity contribution is 7.81. The lowest BCUT2D eigenvalue weighted by atomic mass is 10.5. The minimum atomic E-state index is -1.22. The van der Waals surface area contributed by atoms with Crippen molar-refractivity contribution in [2.24, 2.45) is 0 Å². The molecule has 0 aromatic heterocycles. The van der Waals surface area contributed by atoms with Crippen molar-refractivity contribution in [2.45, 2.75) is 16.0 Å². The van der Waals surface area contributed by atoms with Crippen LogP contribution in [0.15, 0.2) is 0 Å². The Labute approximate surface area is 63.5 Å². The molecular formula is C3H5Cl3S. The van der Waals surface area contributed by atoms with Crippen LogP contribution in [0.4, 0.5) is 0 Å². The molecule has 0 heterocycles. The topological polar surface area (TPSA) is 0 Å². The van der Waals surface area contributed by atoms with Crippen molar-refractivity contribution < 1.29 is 0 Å². The van der Waals surface area contributed by atoms with E-state index in [1.807, 2.05) is 0 Å². The van der Waals surface area contributed by atoms with Gasteiger partial charge in [0.1, 0.15) is 0 Å². The zero-order valence-electron chi connectivity index (χ0n) is 3.66. The Hall–Kier alpha value is 1.22. The molecule has 1 unspecified atom stereocenters. The van der Waals surface area contributed by atoms with Gasteiger partial charge in [-0.05, 0) is 6.92 Å². The zero-order valence-corrected chi connectivity index (χ0v) is 6.82. The van der Waals surface area contributed by atoms with Gasteiger partial charge in [0.2, 0.25) is 3.79 Å². The van der Waals surface area contributed by atoms with Gasteiger partial charge < -0.3 is 0 Å². The van der Waals surface area contributed by atoms with Gasteiger partial charge >= 0.3 is 0 Å². The van der Waals surface area contributed by atoms with Crippen molar-refractivity contribution in [3.8, 4) is 0 Å². The number of rotatable bonds is 0. The Kier molecular flexibility index (Phi) is 3.14. The lowest BCUT2D eigenvalue weighted by Gasteiger charge is -2.12. The summed E-state index contributed by atoms with van der Waals surface area (Å²) < 4.78 is -1.22. The third kappa shape index (κ3) is 3.77. The number of hydrogen-bond donors (Lipinski definition) is 1. The zero-order chi connectivity index (χ0) is 6.08. The maximum Gasteiger partial charge on any atom is 0.201 e. The van der Waals surface area contributed by atoms with Crippen LogP contribution in [0.1, 0.15) is 6.92 Å². The van der Waals surface area contributed by atoms with Crippen LogP contribution in [0, 0.1) is 0 Å². The third-order valence-electron chi connectivity index (χ3n) is 0.474. The van der Waals surface area contributed by atoms with Gasteiger partial charge in [0, 0.05) is 5.25 Å². The Balaban J connectivity index is 3.54. The molecule has 0 aromatic carbocycles. The second-order valence-corrected chi connectivity index (χ2v) is 4.36. The number of thiol groups is 1. The van der Waals surface area contributed by atoms with Crippen molar-refractivity contribution in [1.82, 2.24) is 0 Å². The van der Waals surface area contributed by atoms with Crippen LogP contribution in [-0.4, -0.2) is 9.04 Å². The molecule has 0 nitrogen and oxygen atoms in total. The van der Waals surface area contributed by atoms with Crippen LogP contribution in [0.2, 0.25) is 0 Å². The second kappa shape index (κ2) is 2.67. The predicted molar refractivity (Wildman–Crippen MR) is 38.7 cm³/mol. The molecule has 7 heavy (non-hydrogen) atoms. The van der Waals surface area contributed by atoms with Crippen molar-refractivity contribution in [1.29, 1.82) is 0 Å². The van der Waals surface area contributed by atoms with Gasteiger partial charge in [-0.3, -0.25) is 0 Å². The van der Waals surface area contributed by atoms with E-state index in [1.54, 1.807) is 6.92 Å². The van der Waals surface area contributed by atoms with Crippen molar-refractivity contribution in [2.75, 3.05) is 0 Å². The first-order valence-corrected chi connectivity index (χ1v) is 3.34. The standard InChI is InChI=1S/C3H5Cl3S/c1-2(7)3(4,5)6/h2,7H,1H3. The molecule has 0 spiro atoms. The van der Waals surface area contributed by atoms with E-state index in [0.717, 1.165) is 0 Å². The SMILES string of the molecule is CC(S)C(Cl)(Cl)Cl. The summed E-state index contributed by atoms with van der Waals surface area (Å²) >= 11 is 19.9. The largest absolute Gasteiger partial charge is 0.201 e. The monoisotopic (exact) mass is 178 g/mol. The van der Waals surface area contributed by atoms with Gasteiger partial charge in [-0.1, -0.05) is 34.8 Å². The molecule has 0 saturated heterocycles. The predicted octanol–water partition coefficient (Wildman–Crippen LogP) is 2.67. The van der Waals surface area contributed by atoms with Crippen LogP contribution in [0.25, 0.3) is 0 Å². The summed E-state index contributed by atoms with van der Waals surface area (Å²) in [5, 5.41) is -0.211. The van der Waals surface area contributed by atoms with Gasteiger partial charge in [-0.15, -0.1) is 0 Å². The summed E-state index contributed by atoms with van der Waals surface area (Å²) in [6, 6.07) is 0. The minimum Gasteiger partial charge on any atom is -0.172 e. The lowest BCUT2D eigenvalue weighted by molar-refractivity contribution is 1.01. The molecule has 0 aliphatic carbocycles. The molecule has 0 rings (SSSR count). The molecular weight excluding hydrogens is 174 g/mol. The molecule has 1 atom stereocenters. The first-order chi connectivity index (χ1) is 2.94. The molecule has 0 aromatic rings. The quantitative estimate of drug-likeness (QED) is 0.429. The fourth-order valence-electron chi connectivity index (χ4n) is 0. The minimum absolute atomic E-state index is 0.211. The number of hydrogen-bond acceptors (Lipinski definition) is 1. The van der Waals surface area contributed by atoms with E-state index in [2.05, 4.69) is 12.6 Å². The first kappa shape index (κ1) is 8.22. The fourth-order valence-corrected chi connectivity index (χ4v) is 0. The van der Waals surface area contributed by atoms with E-state index in [9.17, 15) is 0 Å². The highest BCUT2D eigenvalue weighted by atomic mass is 35.6. The highest BCUT2D eigenvalue weighted by Gasteiger charge is 2.24. The smallest absolute Gasteiger partial charge is 0.172 e. The van der Waals surface area contributed by atoms with Gasteiger partial charge in [0.05, 0.1) is 0 Å². The summed E-state index contributed by atoms with van der Waals surface area (Å²) in [5.74, 6) is 0. The van der Waals surface area contributed by atoms with Gasteiger partial charge in [0.15, 0.2) is 0 Å². The molecule has 44 valence electrons. The van der Waals surface area contributed by atoms with E-state index >= 15 is 0 Å². The van der Waals surface area contributed by atoms with Crippen LogP contribution < -0.4 is 0 Å². The molecule has 0 amide bonds. The molecule has 0 aliphatic rings. The molecule has 0 fully saturated rings. The second-order valence-electron chi connectivity index (χ2n) is 1.22. The van der Waals surface area contributed by atoms with Gasteiger partial charge in [0.25, 0.3) is 0 Å².